The Labute approximate surface area is 88.2 Å². The molecule has 0 bridgehead atoms. The second-order valence-electron chi connectivity index (χ2n) is 2.87. The number of rotatable bonds is 6. The van der Waals surface area contributed by atoms with Gasteiger partial charge < -0.3 is 0 Å². The summed E-state index contributed by atoms with van der Waals surface area (Å²) in [7, 11) is 0. The standard InChI is InChI=1S/3C3H5.2BrH.Sb/c3*1-3-2;;;/h3*3H,1-2H2;2*1H;/q;;;;;+2/p-2. The summed E-state index contributed by atoms with van der Waals surface area (Å²) in [6.07, 6.45) is 5.91. The summed E-state index contributed by atoms with van der Waals surface area (Å²) in [6.45, 7) is 11.3. The van der Waals surface area contributed by atoms with Crippen molar-refractivity contribution in [3.05, 3.63) is 38.0 Å². The van der Waals surface area contributed by atoms with E-state index in [-0.39, 0.29) is 0 Å². The van der Waals surface area contributed by atoms with Gasteiger partial charge in [0.05, 0.1) is 0 Å². The molecule has 0 aromatic heterocycles. The monoisotopic (exact) mass is 402 g/mol. The molecule has 0 heterocycles. The van der Waals surface area contributed by atoms with Crippen molar-refractivity contribution in [1.82, 2.24) is 0 Å². The SMILES string of the molecule is C=C[CH2][Sb]([Br])([Br])([CH2]C=C)[CH2]C=C. The third kappa shape index (κ3) is 4.30. The molecule has 0 fully saturated rings. The minimum absolute atomic E-state index is 1.03. The van der Waals surface area contributed by atoms with Crippen LogP contribution < -0.4 is 0 Å². The van der Waals surface area contributed by atoms with Gasteiger partial charge in [-0.15, -0.1) is 0 Å². The van der Waals surface area contributed by atoms with Crippen molar-refractivity contribution in [3.63, 3.8) is 0 Å². The van der Waals surface area contributed by atoms with Gasteiger partial charge in [-0.05, 0) is 0 Å². The summed E-state index contributed by atoms with van der Waals surface area (Å²) in [5.41, 5.74) is 0. The van der Waals surface area contributed by atoms with Crippen LogP contribution in [0.2, 0.25) is 13.1 Å². The molecule has 0 atom stereocenters. The van der Waals surface area contributed by atoms with E-state index in [9.17, 15) is 0 Å². The van der Waals surface area contributed by atoms with Crippen LogP contribution in [-0.2, 0) is 0 Å². The maximum absolute atomic E-state index is 3.87. The van der Waals surface area contributed by atoms with Crippen LogP contribution in [0.25, 0.3) is 0 Å². The summed E-state index contributed by atoms with van der Waals surface area (Å²) >= 11 is 5.02. The molecule has 0 spiro atoms. The van der Waals surface area contributed by atoms with Crippen LogP contribution in [0, 0.1) is 0 Å². The van der Waals surface area contributed by atoms with Gasteiger partial charge in [-0.25, -0.2) is 0 Å². The van der Waals surface area contributed by atoms with E-state index in [4.69, 9.17) is 0 Å². The van der Waals surface area contributed by atoms with Crippen molar-refractivity contribution < 1.29 is 0 Å². The van der Waals surface area contributed by atoms with Gasteiger partial charge in [0.25, 0.3) is 0 Å². The molecule has 0 saturated heterocycles. The van der Waals surface area contributed by atoms with Crippen LogP contribution in [0.1, 0.15) is 0 Å². The van der Waals surface area contributed by atoms with Crippen LogP contribution in [-0.4, -0.2) is 12.9 Å². The average molecular weight is 405 g/mol. The first-order valence-corrected chi connectivity index (χ1v) is 20.6. The fraction of sp³-hybridized carbons (Fsp3) is 0.333. The zero-order chi connectivity index (χ0) is 9.69. The van der Waals surface area contributed by atoms with Crippen molar-refractivity contribution in [2.24, 2.45) is 0 Å². The molecule has 0 saturated carbocycles. The minimum atomic E-state index is -2.73. The molecule has 0 aromatic carbocycles. The van der Waals surface area contributed by atoms with Crippen LogP contribution in [0.5, 0.6) is 0 Å². The molecule has 12 heavy (non-hydrogen) atoms. The van der Waals surface area contributed by atoms with Crippen molar-refractivity contribution in [1.29, 1.82) is 0 Å². The van der Waals surface area contributed by atoms with Gasteiger partial charge in [-0.1, -0.05) is 0 Å². The van der Waals surface area contributed by atoms with Crippen molar-refractivity contribution in [2.75, 3.05) is 0 Å². The van der Waals surface area contributed by atoms with Crippen LogP contribution >= 0.6 is 25.2 Å². The predicted octanol–water partition coefficient (Wildman–Crippen LogP) is 4.73. The van der Waals surface area contributed by atoms with E-state index in [2.05, 4.69) is 44.9 Å². The first kappa shape index (κ1) is 13.0. The summed E-state index contributed by atoms with van der Waals surface area (Å²) < 4.78 is 3.10. The van der Waals surface area contributed by atoms with Gasteiger partial charge >= 0.3 is 89.2 Å². The first-order chi connectivity index (χ1) is 5.46. The van der Waals surface area contributed by atoms with Gasteiger partial charge in [0, 0.05) is 0 Å². The number of allylic oxidation sites excluding steroid dienone is 3. The number of halogens is 2. The molecule has 0 aliphatic heterocycles. The van der Waals surface area contributed by atoms with Crippen LogP contribution in [0.15, 0.2) is 38.0 Å². The number of hydrogen-bond donors (Lipinski definition) is 0. The molecule has 0 unspecified atom stereocenters. The van der Waals surface area contributed by atoms with E-state index in [0.717, 1.165) is 13.1 Å². The fourth-order valence-electron chi connectivity index (χ4n) is 1.06. The Morgan fingerprint density at radius 1 is 0.833 bits per heavy atom. The number of hydrogen-bond acceptors (Lipinski definition) is 0. The van der Waals surface area contributed by atoms with E-state index < -0.39 is 12.9 Å². The van der Waals surface area contributed by atoms with Crippen molar-refractivity contribution in [3.8, 4) is 0 Å². The Kier molecular flexibility index (Phi) is 5.44. The molecular formula is C9H15Br2Sb. The zero-order valence-corrected chi connectivity index (χ0v) is 12.9. The topological polar surface area (TPSA) is 0 Å². The summed E-state index contributed by atoms with van der Waals surface area (Å²) in [5, 5.41) is 0. The molecule has 0 aliphatic rings. The Bertz CT molecular complexity index is 163. The Morgan fingerprint density at radius 2 is 1.08 bits per heavy atom. The van der Waals surface area contributed by atoms with E-state index in [0.29, 0.717) is 0 Å². The molecule has 0 aromatic rings. The quantitative estimate of drug-likeness (QED) is 0.443. The molecule has 3 heteroatoms. The Balaban J connectivity index is 4.62. The van der Waals surface area contributed by atoms with Crippen LogP contribution in [0.3, 0.4) is 0 Å². The second-order valence-corrected chi connectivity index (χ2v) is 45.6. The third-order valence-corrected chi connectivity index (χ3v) is 22.2. The summed E-state index contributed by atoms with van der Waals surface area (Å²) in [5.74, 6) is 0. The zero-order valence-electron chi connectivity index (χ0n) is 7.18. The molecule has 70 valence electrons. The second kappa shape index (κ2) is 5.02. The molecule has 0 amide bonds. The van der Waals surface area contributed by atoms with E-state index in [1.165, 1.54) is 0 Å². The van der Waals surface area contributed by atoms with E-state index in [1.54, 1.807) is 0 Å². The van der Waals surface area contributed by atoms with E-state index in [1.807, 2.05) is 18.2 Å². The first-order valence-electron chi connectivity index (χ1n) is 3.74. The van der Waals surface area contributed by atoms with Gasteiger partial charge in [-0.2, -0.15) is 0 Å². The van der Waals surface area contributed by atoms with Crippen molar-refractivity contribution in [2.45, 2.75) is 13.1 Å². The van der Waals surface area contributed by atoms with Gasteiger partial charge in [0.1, 0.15) is 0 Å². The van der Waals surface area contributed by atoms with Gasteiger partial charge in [-0.3, -0.25) is 0 Å². The molecular weight excluding hydrogens is 390 g/mol. The molecule has 0 nitrogen and oxygen atoms in total. The molecule has 0 aliphatic carbocycles. The molecule has 0 rings (SSSR count). The van der Waals surface area contributed by atoms with Gasteiger partial charge in [0.15, 0.2) is 0 Å². The molecule has 0 radical (unpaired) electrons. The van der Waals surface area contributed by atoms with Gasteiger partial charge in [0.2, 0.25) is 0 Å². The molecule has 0 N–H and O–H groups in total. The Morgan fingerprint density at radius 3 is 1.25 bits per heavy atom. The van der Waals surface area contributed by atoms with Crippen molar-refractivity contribution >= 4 is 38.1 Å². The summed E-state index contributed by atoms with van der Waals surface area (Å²) in [6, 6.07) is 0. The average Bonchev–Trinajstić information content (AvgIpc) is 1.86. The fourth-order valence-corrected chi connectivity index (χ4v) is 15.4. The normalized spacial score (nSPS) is 14.3. The van der Waals surface area contributed by atoms with Crippen LogP contribution in [0.4, 0.5) is 0 Å². The third-order valence-electron chi connectivity index (χ3n) is 1.58. The predicted molar refractivity (Wildman–Crippen MR) is 68.6 cm³/mol. The van der Waals surface area contributed by atoms with E-state index >= 15 is 0 Å². The summed E-state index contributed by atoms with van der Waals surface area (Å²) in [4.78, 5) is 0. The Hall–Kier alpha value is 0.998. The maximum atomic E-state index is 3.87.